The zero-order valence-corrected chi connectivity index (χ0v) is 12.1. The molecule has 2 nitrogen and oxygen atoms in total. The van der Waals surface area contributed by atoms with Crippen molar-refractivity contribution >= 4 is 0 Å². The van der Waals surface area contributed by atoms with E-state index in [9.17, 15) is 0 Å². The SMILES string of the molecule is CC(C)=CCCC(C)=CCOc1ccc(CO)cc1. The molecule has 19 heavy (non-hydrogen) atoms. The molecule has 0 aliphatic rings. The summed E-state index contributed by atoms with van der Waals surface area (Å²) in [5.41, 5.74) is 3.62. The third-order valence-corrected chi connectivity index (χ3v) is 2.88. The van der Waals surface area contributed by atoms with Crippen LogP contribution in [0, 0.1) is 0 Å². The van der Waals surface area contributed by atoms with Crippen molar-refractivity contribution in [2.45, 2.75) is 40.2 Å². The summed E-state index contributed by atoms with van der Waals surface area (Å²) < 4.78 is 5.63. The number of rotatable bonds is 7. The maximum atomic E-state index is 8.94. The zero-order valence-electron chi connectivity index (χ0n) is 12.1. The summed E-state index contributed by atoms with van der Waals surface area (Å²) in [6.07, 6.45) is 6.55. The van der Waals surface area contributed by atoms with Crippen molar-refractivity contribution in [1.29, 1.82) is 0 Å². The number of ether oxygens (including phenoxy) is 1. The van der Waals surface area contributed by atoms with Crippen LogP contribution < -0.4 is 4.74 Å². The van der Waals surface area contributed by atoms with Crippen LogP contribution in [0.25, 0.3) is 0 Å². The van der Waals surface area contributed by atoms with E-state index in [-0.39, 0.29) is 6.61 Å². The molecule has 0 atom stereocenters. The molecule has 1 N–H and O–H groups in total. The topological polar surface area (TPSA) is 29.5 Å². The predicted octanol–water partition coefficient (Wildman–Crippen LogP) is 4.25. The van der Waals surface area contributed by atoms with E-state index in [1.165, 1.54) is 11.1 Å². The van der Waals surface area contributed by atoms with Crippen LogP contribution in [0.15, 0.2) is 47.6 Å². The van der Waals surface area contributed by atoms with Gasteiger partial charge in [-0.25, -0.2) is 0 Å². The van der Waals surface area contributed by atoms with Gasteiger partial charge in [-0.1, -0.05) is 29.4 Å². The molecule has 0 fully saturated rings. The first-order valence-electron chi connectivity index (χ1n) is 6.73. The lowest BCUT2D eigenvalue weighted by Gasteiger charge is -2.05. The Bertz CT molecular complexity index is 423. The van der Waals surface area contributed by atoms with Gasteiger partial charge in [-0.05, 0) is 57.4 Å². The van der Waals surface area contributed by atoms with E-state index < -0.39 is 0 Å². The summed E-state index contributed by atoms with van der Waals surface area (Å²) in [7, 11) is 0. The molecule has 0 saturated heterocycles. The average Bonchev–Trinajstić information content (AvgIpc) is 2.39. The van der Waals surface area contributed by atoms with E-state index in [1.807, 2.05) is 24.3 Å². The second kappa shape index (κ2) is 8.54. The van der Waals surface area contributed by atoms with Gasteiger partial charge in [0.1, 0.15) is 12.4 Å². The first-order chi connectivity index (χ1) is 9.11. The summed E-state index contributed by atoms with van der Waals surface area (Å²) >= 11 is 0. The lowest BCUT2D eigenvalue weighted by molar-refractivity contribution is 0.281. The van der Waals surface area contributed by atoms with Crippen LogP contribution in [0.2, 0.25) is 0 Å². The summed E-state index contributed by atoms with van der Waals surface area (Å²) in [5, 5.41) is 8.94. The predicted molar refractivity (Wildman–Crippen MR) is 80.3 cm³/mol. The molecule has 0 aliphatic carbocycles. The second-order valence-electron chi connectivity index (χ2n) is 4.98. The van der Waals surface area contributed by atoms with Gasteiger partial charge in [-0.15, -0.1) is 0 Å². The van der Waals surface area contributed by atoms with E-state index in [1.54, 1.807) is 0 Å². The molecule has 2 heteroatoms. The summed E-state index contributed by atoms with van der Waals surface area (Å²) in [5.74, 6) is 0.838. The van der Waals surface area contributed by atoms with Gasteiger partial charge in [0.25, 0.3) is 0 Å². The second-order valence-corrected chi connectivity index (χ2v) is 4.98. The highest BCUT2D eigenvalue weighted by Gasteiger charge is 1.94. The fraction of sp³-hybridized carbons (Fsp3) is 0.412. The molecule has 0 aliphatic heterocycles. The summed E-state index contributed by atoms with van der Waals surface area (Å²) in [4.78, 5) is 0. The molecular formula is C17H24O2. The minimum absolute atomic E-state index is 0.0731. The van der Waals surface area contributed by atoms with Crippen LogP contribution in [-0.2, 0) is 6.61 Å². The van der Waals surface area contributed by atoms with Crippen molar-refractivity contribution in [1.82, 2.24) is 0 Å². The fourth-order valence-electron chi connectivity index (χ4n) is 1.66. The lowest BCUT2D eigenvalue weighted by Crippen LogP contribution is -1.95. The van der Waals surface area contributed by atoms with E-state index in [0.717, 1.165) is 24.2 Å². The Morgan fingerprint density at radius 3 is 2.37 bits per heavy atom. The van der Waals surface area contributed by atoms with Crippen LogP contribution in [0.1, 0.15) is 39.2 Å². The van der Waals surface area contributed by atoms with Crippen molar-refractivity contribution in [3.05, 3.63) is 53.1 Å². The molecule has 0 bridgehead atoms. The Morgan fingerprint density at radius 2 is 1.79 bits per heavy atom. The maximum absolute atomic E-state index is 8.94. The van der Waals surface area contributed by atoms with Gasteiger partial charge in [0.05, 0.1) is 6.61 Å². The highest BCUT2D eigenvalue weighted by atomic mass is 16.5. The van der Waals surface area contributed by atoms with Gasteiger partial charge >= 0.3 is 0 Å². The van der Waals surface area contributed by atoms with Crippen molar-refractivity contribution in [3.63, 3.8) is 0 Å². The monoisotopic (exact) mass is 260 g/mol. The van der Waals surface area contributed by atoms with Gasteiger partial charge < -0.3 is 9.84 Å². The van der Waals surface area contributed by atoms with Crippen LogP contribution in [-0.4, -0.2) is 11.7 Å². The molecule has 0 spiro atoms. The zero-order chi connectivity index (χ0) is 14.1. The fourth-order valence-corrected chi connectivity index (χ4v) is 1.66. The van der Waals surface area contributed by atoms with Gasteiger partial charge in [-0.3, -0.25) is 0 Å². The lowest BCUT2D eigenvalue weighted by atomic mass is 10.1. The number of hydrogen-bond donors (Lipinski definition) is 1. The standard InChI is InChI=1S/C17H24O2/c1-14(2)5-4-6-15(3)11-12-19-17-9-7-16(13-18)8-10-17/h5,7-11,18H,4,6,12-13H2,1-3H3. The van der Waals surface area contributed by atoms with Crippen molar-refractivity contribution < 1.29 is 9.84 Å². The third kappa shape index (κ3) is 6.82. The van der Waals surface area contributed by atoms with Crippen LogP contribution in [0.4, 0.5) is 0 Å². The number of aliphatic hydroxyl groups excluding tert-OH is 1. The number of allylic oxidation sites excluding steroid dienone is 3. The Kier molecular flexibility index (Phi) is 6.98. The average molecular weight is 260 g/mol. The minimum atomic E-state index is 0.0731. The quantitative estimate of drug-likeness (QED) is 0.743. The molecule has 1 rings (SSSR count). The molecule has 0 aromatic heterocycles. The number of hydrogen-bond acceptors (Lipinski definition) is 2. The van der Waals surface area contributed by atoms with Gasteiger partial charge in [0.2, 0.25) is 0 Å². The summed E-state index contributed by atoms with van der Waals surface area (Å²) in [6, 6.07) is 7.53. The van der Waals surface area contributed by atoms with E-state index in [0.29, 0.717) is 6.61 Å². The van der Waals surface area contributed by atoms with E-state index >= 15 is 0 Å². The molecule has 0 amide bonds. The molecule has 0 heterocycles. The largest absolute Gasteiger partial charge is 0.490 e. The van der Waals surface area contributed by atoms with Crippen LogP contribution >= 0.6 is 0 Å². The Hall–Kier alpha value is -1.54. The Labute approximate surface area is 116 Å². The van der Waals surface area contributed by atoms with E-state index in [2.05, 4.69) is 32.9 Å². The third-order valence-electron chi connectivity index (χ3n) is 2.88. The molecule has 0 unspecified atom stereocenters. The Morgan fingerprint density at radius 1 is 1.11 bits per heavy atom. The van der Waals surface area contributed by atoms with Gasteiger partial charge in [0, 0.05) is 0 Å². The highest BCUT2D eigenvalue weighted by molar-refractivity contribution is 5.27. The summed E-state index contributed by atoms with van der Waals surface area (Å²) in [6.45, 7) is 7.05. The minimum Gasteiger partial charge on any atom is -0.490 e. The van der Waals surface area contributed by atoms with Gasteiger partial charge in [0.15, 0.2) is 0 Å². The smallest absolute Gasteiger partial charge is 0.119 e. The molecule has 1 aromatic rings. The Balaban J connectivity index is 2.33. The first-order valence-corrected chi connectivity index (χ1v) is 6.73. The van der Waals surface area contributed by atoms with Crippen molar-refractivity contribution in [2.24, 2.45) is 0 Å². The van der Waals surface area contributed by atoms with Crippen molar-refractivity contribution in [2.75, 3.05) is 6.61 Å². The molecule has 1 aromatic carbocycles. The molecule has 104 valence electrons. The molecule has 0 saturated carbocycles. The highest BCUT2D eigenvalue weighted by Crippen LogP contribution is 2.13. The number of benzene rings is 1. The molecular weight excluding hydrogens is 236 g/mol. The maximum Gasteiger partial charge on any atom is 0.119 e. The van der Waals surface area contributed by atoms with Gasteiger partial charge in [-0.2, -0.15) is 0 Å². The normalized spacial score (nSPS) is 11.3. The molecule has 0 radical (unpaired) electrons. The first kappa shape index (κ1) is 15.5. The van der Waals surface area contributed by atoms with Crippen LogP contribution in [0.3, 0.4) is 0 Å². The van der Waals surface area contributed by atoms with Crippen molar-refractivity contribution in [3.8, 4) is 5.75 Å². The van der Waals surface area contributed by atoms with E-state index in [4.69, 9.17) is 9.84 Å². The van der Waals surface area contributed by atoms with Crippen LogP contribution in [0.5, 0.6) is 5.75 Å². The number of aliphatic hydroxyl groups is 1.